The van der Waals surface area contributed by atoms with Gasteiger partial charge >= 0.3 is 0 Å². The van der Waals surface area contributed by atoms with E-state index in [0.717, 1.165) is 5.56 Å². The number of ether oxygens (including phenoxy) is 2. The van der Waals surface area contributed by atoms with Crippen molar-refractivity contribution in [3.05, 3.63) is 71.4 Å². The fourth-order valence-electron chi connectivity index (χ4n) is 2.44. The van der Waals surface area contributed by atoms with Crippen molar-refractivity contribution in [1.29, 1.82) is 0 Å². The standard InChI is InChI=1S/C19H19N3O4/c1-24-15-9-8-14(11-16(15)25-2)19(23)20-12-17-21-18(26-22-17)10-13-6-4-3-5-7-13/h3-9,11H,10,12H2,1-2H3,(H,20,23). The lowest BCUT2D eigenvalue weighted by atomic mass is 10.1. The van der Waals surface area contributed by atoms with Crippen LogP contribution in [0.25, 0.3) is 0 Å². The number of nitrogens with zero attached hydrogens (tertiary/aromatic N) is 2. The van der Waals surface area contributed by atoms with Crippen LogP contribution in [0.2, 0.25) is 0 Å². The fraction of sp³-hybridized carbons (Fsp3) is 0.211. The van der Waals surface area contributed by atoms with Crippen molar-refractivity contribution in [2.24, 2.45) is 0 Å². The third kappa shape index (κ3) is 4.18. The van der Waals surface area contributed by atoms with Gasteiger partial charge in [-0.1, -0.05) is 35.5 Å². The minimum Gasteiger partial charge on any atom is -0.493 e. The first-order valence-electron chi connectivity index (χ1n) is 8.05. The van der Waals surface area contributed by atoms with E-state index in [1.54, 1.807) is 25.3 Å². The number of methoxy groups -OCH3 is 2. The molecule has 1 amide bonds. The predicted molar refractivity (Wildman–Crippen MR) is 94.3 cm³/mol. The normalized spacial score (nSPS) is 10.4. The van der Waals surface area contributed by atoms with Crippen LogP contribution in [-0.2, 0) is 13.0 Å². The van der Waals surface area contributed by atoms with E-state index in [4.69, 9.17) is 14.0 Å². The van der Waals surface area contributed by atoms with E-state index in [1.807, 2.05) is 30.3 Å². The number of hydrogen-bond acceptors (Lipinski definition) is 6. The molecule has 0 fully saturated rings. The summed E-state index contributed by atoms with van der Waals surface area (Å²) in [7, 11) is 3.06. The Morgan fingerprint density at radius 3 is 2.58 bits per heavy atom. The molecule has 134 valence electrons. The second-order valence-corrected chi connectivity index (χ2v) is 5.52. The van der Waals surface area contributed by atoms with Gasteiger partial charge in [0.2, 0.25) is 5.89 Å². The number of amides is 1. The topological polar surface area (TPSA) is 86.5 Å². The number of hydrogen-bond donors (Lipinski definition) is 1. The summed E-state index contributed by atoms with van der Waals surface area (Å²) in [5, 5.41) is 6.65. The van der Waals surface area contributed by atoms with Crippen molar-refractivity contribution in [3.63, 3.8) is 0 Å². The highest BCUT2D eigenvalue weighted by Gasteiger charge is 2.12. The van der Waals surface area contributed by atoms with Gasteiger partial charge in [0.15, 0.2) is 17.3 Å². The van der Waals surface area contributed by atoms with E-state index in [0.29, 0.717) is 35.2 Å². The summed E-state index contributed by atoms with van der Waals surface area (Å²) in [4.78, 5) is 16.6. The average molecular weight is 353 g/mol. The first-order valence-corrected chi connectivity index (χ1v) is 8.05. The summed E-state index contributed by atoms with van der Waals surface area (Å²) >= 11 is 0. The summed E-state index contributed by atoms with van der Waals surface area (Å²) < 4.78 is 15.6. The van der Waals surface area contributed by atoms with Crippen LogP contribution in [0.4, 0.5) is 0 Å². The van der Waals surface area contributed by atoms with Crippen molar-refractivity contribution >= 4 is 5.91 Å². The minimum atomic E-state index is -0.264. The molecule has 2 aromatic carbocycles. The van der Waals surface area contributed by atoms with E-state index >= 15 is 0 Å². The van der Waals surface area contributed by atoms with Crippen LogP contribution in [0.5, 0.6) is 11.5 Å². The minimum absolute atomic E-state index is 0.172. The number of nitrogens with one attached hydrogen (secondary N) is 1. The van der Waals surface area contributed by atoms with E-state index in [1.165, 1.54) is 7.11 Å². The maximum absolute atomic E-state index is 12.3. The zero-order valence-electron chi connectivity index (χ0n) is 14.6. The van der Waals surface area contributed by atoms with Crippen LogP contribution >= 0.6 is 0 Å². The van der Waals surface area contributed by atoms with E-state index in [-0.39, 0.29) is 12.5 Å². The molecule has 0 aliphatic heterocycles. The van der Waals surface area contributed by atoms with Crippen LogP contribution in [0.1, 0.15) is 27.6 Å². The molecule has 0 aliphatic rings. The molecule has 0 aliphatic carbocycles. The van der Waals surface area contributed by atoms with Gasteiger partial charge in [0.05, 0.1) is 27.2 Å². The first kappa shape index (κ1) is 17.5. The van der Waals surface area contributed by atoms with Crippen LogP contribution in [0.15, 0.2) is 53.1 Å². The predicted octanol–water partition coefficient (Wildman–Crippen LogP) is 2.61. The Morgan fingerprint density at radius 1 is 1.08 bits per heavy atom. The maximum atomic E-state index is 12.3. The molecule has 0 saturated heterocycles. The third-order valence-electron chi connectivity index (χ3n) is 3.76. The molecule has 7 heteroatoms. The molecular weight excluding hydrogens is 334 g/mol. The Bertz CT molecular complexity index is 878. The summed E-state index contributed by atoms with van der Waals surface area (Å²) in [6.07, 6.45) is 0.553. The zero-order chi connectivity index (χ0) is 18.4. The second-order valence-electron chi connectivity index (χ2n) is 5.52. The van der Waals surface area contributed by atoms with Crippen molar-refractivity contribution in [1.82, 2.24) is 15.5 Å². The average Bonchev–Trinajstić information content (AvgIpc) is 3.13. The lowest BCUT2D eigenvalue weighted by molar-refractivity contribution is 0.0949. The van der Waals surface area contributed by atoms with Crippen molar-refractivity contribution in [2.75, 3.05) is 14.2 Å². The molecule has 0 spiro atoms. The molecule has 1 aromatic heterocycles. The summed E-state index contributed by atoms with van der Waals surface area (Å²) in [6, 6.07) is 14.8. The Morgan fingerprint density at radius 2 is 1.85 bits per heavy atom. The molecule has 0 radical (unpaired) electrons. The van der Waals surface area contributed by atoms with Gasteiger partial charge in [-0.15, -0.1) is 0 Å². The Balaban J connectivity index is 1.60. The van der Waals surface area contributed by atoms with Gasteiger partial charge in [0, 0.05) is 5.56 Å². The molecular formula is C19H19N3O4. The number of carbonyl (C=O) groups is 1. The SMILES string of the molecule is COc1ccc(C(=O)NCc2noc(Cc3ccccc3)n2)cc1OC. The van der Waals surface area contributed by atoms with Gasteiger partial charge in [-0.25, -0.2) is 0 Å². The van der Waals surface area contributed by atoms with Crippen LogP contribution in [0, 0.1) is 0 Å². The number of rotatable bonds is 7. The highest BCUT2D eigenvalue weighted by atomic mass is 16.5. The lowest BCUT2D eigenvalue weighted by Gasteiger charge is -2.09. The number of benzene rings is 2. The van der Waals surface area contributed by atoms with E-state index in [9.17, 15) is 4.79 Å². The summed E-state index contributed by atoms with van der Waals surface area (Å²) in [5.41, 5.74) is 1.53. The first-order chi connectivity index (χ1) is 12.7. The van der Waals surface area contributed by atoms with Crippen LogP contribution < -0.4 is 14.8 Å². The van der Waals surface area contributed by atoms with Gasteiger partial charge in [-0.2, -0.15) is 4.98 Å². The Kier molecular flexibility index (Phi) is 5.48. The third-order valence-corrected chi connectivity index (χ3v) is 3.76. The molecule has 26 heavy (non-hydrogen) atoms. The van der Waals surface area contributed by atoms with Crippen LogP contribution in [-0.4, -0.2) is 30.3 Å². The molecule has 0 bridgehead atoms. The smallest absolute Gasteiger partial charge is 0.251 e. The zero-order valence-corrected chi connectivity index (χ0v) is 14.6. The molecule has 1 heterocycles. The van der Waals surface area contributed by atoms with Crippen molar-refractivity contribution < 1.29 is 18.8 Å². The van der Waals surface area contributed by atoms with Crippen molar-refractivity contribution in [2.45, 2.75) is 13.0 Å². The quantitative estimate of drug-likeness (QED) is 0.703. The summed E-state index contributed by atoms with van der Waals surface area (Å²) in [6.45, 7) is 0.172. The van der Waals surface area contributed by atoms with Gasteiger partial charge in [-0.05, 0) is 23.8 Å². The van der Waals surface area contributed by atoms with Gasteiger partial charge in [-0.3, -0.25) is 4.79 Å². The van der Waals surface area contributed by atoms with Crippen molar-refractivity contribution in [3.8, 4) is 11.5 Å². The second kappa shape index (κ2) is 8.15. The molecule has 0 atom stereocenters. The highest BCUT2D eigenvalue weighted by molar-refractivity contribution is 5.94. The highest BCUT2D eigenvalue weighted by Crippen LogP contribution is 2.27. The fourth-order valence-corrected chi connectivity index (χ4v) is 2.44. The van der Waals surface area contributed by atoms with E-state index < -0.39 is 0 Å². The Labute approximate surface area is 150 Å². The lowest BCUT2D eigenvalue weighted by Crippen LogP contribution is -2.23. The molecule has 0 unspecified atom stereocenters. The molecule has 3 rings (SSSR count). The summed E-state index contributed by atoms with van der Waals surface area (Å²) in [5.74, 6) is 1.72. The van der Waals surface area contributed by atoms with Gasteiger partial charge in [0.1, 0.15) is 0 Å². The molecule has 7 nitrogen and oxygen atoms in total. The Hall–Kier alpha value is -3.35. The number of carbonyl (C=O) groups excluding carboxylic acids is 1. The molecule has 0 saturated carbocycles. The number of aromatic nitrogens is 2. The molecule has 1 N–H and O–H groups in total. The largest absolute Gasteiger partial charge is 0.493 e. The van der Waals surface area contributed by atoms with Gasteiger partial charge < -0.3 is 19.3 Å². The maximum Gasteiger partial charge on any atom is 0.251 e. The van der Waals surface area contributed by atoms with Gasteiger partial charge in [0.25, 0.3) is 5.91 Å². The van der Waals surface area contributed by atoms with Crippen LogP contribution in [0.3, 0.4) is 0 Å². The van der Waals surface area contributed by atoms with E-state index in [2.05, 4.69) is 15.5 Å². The monoisotopic (exact) mass is 353 g/mol. The molecule has 3 aromatic rings.